The molecular weight excluding hydrogens is 356 g/mol. The Kier molecular flexibility index (Phi) is 5.52. The number of aromatic nitrogens is 3. The Morgan fingerprint density at radius 3 is 2.65 bits per heavy atom. The highest BCUT2D eigenvalue weighted by Crippen LogP contribution is 2.13. The Balaban J connectivity index is 1.43. The first-order chi connectivity index (χ1) is 12.4. The first kappa shape index (κ1) is 18.3. The third-order valence-corrected chi connectivity index (χ3v) is 5.59. The molecule has 140 valence electrons. The molecule has 1 aliphatic heterocycles. The molecule has 26 heavy (non-hydrogen) atoms. The fourth-order valence-electron chi connectivity index (χ4n) is 2.82. The SMILES string of the molecule is CS(=O)(=O)N1CCC(NC(=O)NCc2ccc(-n3ccnc3)nc2)CC1. The first-order valence-corrected chi connectivity index (χ1v) is 10.2. The summed E-state index contributed by atoms with van der Waals surface area (Å²) in [6.45, 7) is 1.23. The number of sulfonamides is 1. The van der Waals surface area contributed by atoms with E-state index in [2.05, 4.69) is 20.6 Å². The maximum absolute atomic E-state index is 12.0. The molecule has 3 heterocycles. The molecule has 1 aliphatic rings. The Morgan fingerprint density at radius 2 is 2.08 bits per heavy atom. The van der Waals surface area contributed by atoms with E-state index in [4.69, 9.17) is 0 Å². The predicted octanol–water partition coefficient (Wildman–Crippen LogP) is 0.491. The topological polar surface area (TPSA) is 109 Å². The first-order valence-electron chi connectivity index (χ1n) is 8.34. The van der Waals surface area contributed by atoms with Crippen LogP contribution in [0.25, 0.3) is 5.82 Å². The van der Waals surface area contributed by atoms with Crippen LogP contribution in [-0.2, 0) is 16.6 Å². The standard InChI is InChI=1S/C16H22N6O3S/c1-26(24,25)22-7-4-14(5-8-22)20-16(23)19-11-13-2-3-15(18-10-13)21-9-6-17-12-21/h2-3,6,9-10,12,14H,4-5,7-8,11H2,1H3,(H2,19,20,23). The van der Waals surface area contributed by atoms with Crippen LogP contribution in [0.15, 0.2) is 37.1 Å². The summed E-state index contributed by atoms with van der Waals surface area (Å²) < 4.78 is 26.2. The van der Waals surface area contributed by atoms with Crippen LogP contribution in [0.1, 0.15) is 18.4 Å². The van der Waals surface area contributed by atoms with Gasteiger partial charge in [0.1, 0.15) is 12.1 Å². The monoisotopic (exact) mass is 378 g/mol. The number of hydrogen-bond acceptors (Lipinski definition) is 5. The highest BCUT2D eigenvalue weighted by molar-refractivity contribution is 7.88. The number of piperidine rings is 1. The summed E-state index contributed by atoms with van der Waals surface area (Å²) in [6, 6.07) is 3.47. The summed E-state index contributed by atoms with van der Waals surface area (Å²) in [5.74, 6) is 0.758. The summed E-state index contributed by atoms with van der Waals surface area (Å²) in [7, 11) is -3.15. The second-order valence-electron chi connectivity index (χ2n) is 6.26. The predicted molar refractivity (Wildman–Crippen MR) is 96.2 cm³/mol. The molecule has 9 nitrogen and oxygen atoms in total. The number of rotatable bonds is 5. The summed E-state index contributed by atoms with van der Waals surface area (Å²) in [6.07, 6.45) is 9.30. The van der Waals surface area contributed by atoms with E-state index in [0.29, 0.717) is 32.5 Å². The summed E-state index contributed by atoms with van der Waals surface area (Å²) >= 11 is 0. The van der Waals surface area contributed by atoms with Crippen molar-refractivity contribution >= 4 is 16.1 Å². The van der Waals surface area contributed by atoms with Crippen LogP contribution in [-0.4, -0.2) is 58.7 Å². The normalized spacial score (nSPS) is 16.3. The van der Waals surface area contributed by atoms with E-state index in [0.717, 1.165) is 11.4 Å². The van der Waals surface area contributed by atoms with Crippen molar-refractivity contribution in [3.05, 3.63) is 42.6 Å². The minimum atomic E-state index is -3.15. The smallest absolute Gasteiger partial charge is 0.315 e. The molecular formula is C16H22N6O3S. The van der Waals surface area contributed by atoms with Crippen molar-refractivity contribution in [3.63, 3.8) is 0 Å². The molecule has 10 heteroatoms. The number of hydrogen-bond donors (Lipinski definition) is 2. The maximum Gasteiger partial charge on any atom is 0.315 e. The third kappa shape index (κ3) is 4.79. The van der Waals surface area contributed by atoms with Gasteiger partial charge in [0, 0.05) is 44.3 Å². The van der Waals surface area contributed by atoms with Crippen LogP contribution in [0.2, 0.25) is 0 Å². The quantitative estimate of drug-likeness (QED) is 0.787. The molecule has 2 N–H and O–H groups in total. The molecule has 0 saturated carbocycles. The van der Waals surface area contributed by atoms with Crippen LogP contribution in [0, 0.1) is 0 Å². The average Bonchev–Trinajstić information content (AvgIpc) is 3.15. The Morgan fingerprint density at radius 1 is 1.31 bits per heavy atom. The van der Waals surface area contributed by atoms with E-state index < -0.39 is 10.0 Å². The zero-order valence-electron chi connectivity index (χ0n) is 14.5. The zero-order chi connectivity index (χ0) is 18.6. The number of pyridine rings is 1. The Labute approximate surface area is 152 Å². The minimum Gasteiger partial charge on any atom is -0.335 e. The van der Waals surface area contributed by atoms with Crippen LogP contribution < -0.4 is 10.6 Å². The largest absolute Gasteiger partial charge is 0.335 e. The second kappa shape index (κ2) is 7.83. The van der Waals surface area contributed by atoms with Crippen LogP contribution >= 0.6 is 0 Å². The van der Waals surface area contributed by atoms with Gasteiger partial charge in [-0.25, -0.2) is 27.5 Å². The van der Waals surface area contributed by atoms with E-state index in [-0.39, 0.29) is 12.1 Å². The molecule has 0 unspecified atom stereocenters. The van der Waals surface area contributed by atoms with Crippen LogP contribution in [0.3, 0.4) is 0 Å². The van der Waals surface area contributed by atoms with Gasteiger partial charge in [-0.05, 0) is 24.5 Å². The van der Waals surface area contributed by atoms with Gasteiger partial charge in [-0.3, -0.25) is 4.57 Å². The molecule has 1 fully saturated rings. The van der Waals surface area contributed by atoms with Gasteiger partial charge in [0.25, 0.3) is 0 Å². The number of nitrogens with zero attached hydrogens (tertiary/aromatic N) is 4. The second-order valence-corrected chi connectivity index (χ2v) is 8.24. The average molecular weight is 378 g/mol. The van der Waals surface area contributed by atoms with Gasteiger partial charge < -0.3 is 10.6 Å². The van der Waals surface area contributed by atoms with Crippen LogP contribution in [0.5, 0.6) is 0 Å². The molecule has 0 atom stereocenters. The lowest BCUT2D eigenvalue weighted by molar-refractivity contribution is 0.227. The lowest BCUT2D eigenvalue weighted by atomic mass is 10.1. The van der Waals surface area contributed by atoms with Crippen molar-refractivity contribution in [1.29, 1.82) is 0 Å². The Hall–Kier alpha value is -2.46. The molecule has 2 aromatic heterocycles. The molecule has 2 aromatic rings. The van der Waals surface area contributed by atoms with Crippen molar-refractivity contribution in [1.82, 2.24) is 29.5 Å². The number of urea groups is 1. The van der Waals surface area contributed by atoms with Gasteiger partial charge in [0.15, 0.2) is 0 Å². The fourth-order valence-corrected chi connectivity index (χ4v) is 3.69. The van der Waals surface area contributed by atoms with E-state index in [1.54, 1.807) is 23.3 Å². The van der Waals surface area contributed by atoms with Gasteiger partial charge in [0.05, 0.1) is 6.26 Å². The summed E-state index contributed by atoms with van der Waals surface area (Å²) in [5.41, 5.74) is 0.885. The maximum atomic E-state index is 12.0. The number of imidazole rings is 1. The zero-order valence-corrected chi connectivity index (χ0v) is 15.3. The minimum absolute atomic E-state index is 0.0188. The van der Waals surface area contributed by atoms with Gasteiger partial charge in [-0.1, -0.05) is 6.07 Å². The van der Waals surface area contributed by atoms with Crippen molar-refractivity contribution in [2.45, 2.75) is 25.4 Å². The Bertz CT molecular complexity index is 827. The lowest BCUT2D eigenvalue weighted by Crippen LogP contribution is -2.48. The van der Waals surface area contributed by atoms with Crippen molar-refractivity contribution in [2.24, 2.45) is 0 Å². The van der Waals surface area contributed by atoms with Crippen LogP contribution in [0.4, 0.5) is 4.79 Å². The summed E-state index contributed by atoms with van der Waals surface area (Å²) in [4.78, 5) is 20.3. The molecule has 2 amide bonds. The number of carbonyl (C=O) groups is 1. The molecule has 1 saturated heterocycles. The molecule has 0 aliphatic carbocycles. The van der Waals surface area contributed by atoms with Gasteiger partial charge in [-0.15, -0.1) is 0 Å². The number of amides is 2. The van der Waals surface area contributed by atoms with Crippen molar-refractivity contribution in [2.75, 3.05) is 19.3 Å². The molecule has 3 rings (SSSR count). The van der Waals surface area contributed by atoms with Gasteiger partial charge in [0.2, 0.25) is 10.0 Å². The fraction of sp³-hybridized carbons (Fsp3) is 0.438. The van der Waals surface area contributed by atoms with Gasteiger partial charge in [-0.2, -0.15) is 0 Å². The lowest BCUT2D eigenvalue weighted by Gasteiger charge is -2.30. The van der Waals surface area contributed by atoms with E-state index >= 15 is 0 Å². The third-order valence-electron chi connectivity index (χ3n) is 4.29. The van der Waals surface area contributed by atoms with Crippen molar-refractivity contribution in [3.8, 4) is 5.82 Å². The highest BCUT2D eigenvalue weighted by Gasteiger charge is 2.25. The van der Waals surface area contributed by atoms with Gasteiger partial charge >= 0.3 is 6.03 Å². The molecule has 0 bridgehead atoms. The van der Waals surface area contributed by atoms with Crippen molar-refractivity contribution < 1.29 is 13.2 Å². The molecule has 0 aromatic carbocycles. The molecule has 0 radical (unpaired) electrons. The number of carbonyl (C=O) groups excluding carboxylic acids is 1. The molecule has 0 spiro atoms. The van der Waals surface area contributed by atoms with E-state index in [1.165, 1.54) is 10.6 Å². The summed E-state index contributed by atoms with van der Waals surface area (Å²) in [5, 5.41) is 5.69. The van der Waals surface area contributed by atoms with E-state index in [1.807, 2.05) is 18.3 Å². The highest BCUT2D eigenvalue weighted by atomic mass is 32.2. The van der Waals surface area contributed by atoms with E-state index in [9.17, 15) is 13.2 Å². The number of nitrogens with one attached hydrogen (secondary N) is 2.